The molecule has 0 aliphatic heterocycles. The van der Waals surface area contributed by atoms with E-state index in [1.54, 1.807) is 0 Å². The fraction of sp³-hybridized carbons (Fsp3) is 0.167. The van der Waals surface area contributed by atoms with Crippen molar-refractivity contribution in [3.63, 3.8) is 0 Å². The Kier molecular flexibility index (Phi) is 1.86. The van der Waals surface area contributed by atoms with Gasteiger partial charge in [0.05, 0.1) is 6.33 Å². The first kappa shape index (κ1) is 7.75. The van der Waals surface area contributed by atoms with Gasteiger partial charge in [-0.1, -0.05) is 11.8 Å². The molecule has 0 saturated carbocycles. The number of nitrogens with one attached hydrogen (secondary N) is 1. The van der Waals surface area contributed by atoms with Crippen molar-refractivity contribution in [1.82, 2.24) is 15.0 Å². The van der Waals surface area contributed by atoms with Crippen LogP contribution in [0.15, 0.2) is 15.5 Å². The number of hydrogen-bond acceptors (Lipinski definition) is 5. The third-order valence-corrected chi connectivity index (χ3v) is 3.38. The highest BCUT2D eigenvalue weighted by atomic mass is 32.2. The van der Waals surface area contributed by atoms with Crippen molar-refractivity contribution in [2.45, 2.75) is 4.34 Å². The van der Waals surface area contributed by atoms with Gasteiger partial charge in [-0.3, -0.25) is 4.79 Å². The van der Waals surface area contributed by atoms with E-state index in [-0.39, 0.29) is 5.56 Å². The summed E-state index contributed by atoms with van der Waals surface area (Å²) in [6.07, 6.45) is 3.29. The van der Waals surface area contributed by atoms with E-state index in [1.807, 2.05) is 6.26 Å². The molecule has 4 nitrogen and oxygen atoms in total. The van der Waals surface area contributed by atoms with Gasteiger partial charge in [-0.05, 0) is 6.26 Å². The van der Waals surface area contributed by atoms with Crippen molar-refractivity contribution < 1.29 is 0 Å². The smallest absolute Gasteiger partial charge is 0.270 e. The first-order chi connectivity index (χ1) is 5.81. The quantitative estimate of drug-likeness (QED) is 0.699. The minimum absolute atomic E-state index is 0.113. The van der Waals surface area contributed by atoms with E-state index in [4.69, 9.17) is 0 Å². The fourth-order valence-electron chi connectivity index (χ4n) is 0.833. The molecular weight excluding hydrogens is 194 g/mol. The van der Waals surface area contributed by atoms with Gasteiger partial charge in [0.2, 0.25) is 0 Å². The van der Waals surface area contributed by atoms with Crippen LogP contribution in [0.5, 0.6) is 0 Å². The number of nitrogens with zero attached hydrogens (tertiary/aromatic N) is 2. The predicted molar refractivity (Wildman–Crippen MR) is 49.8 cm³/mol. The number of H-pyrrole nitrogens is 1. The molecule has 0 spiro atoms. The second-order valence-electron chi connectivity index (χ2n) is 2.07. The minimum atomic E-state index is -0.113. The molecule has 0 atom stereocenters. The lowest BCUT2D eigenvalue weighted by Gasteiger charge is -1.80. The second kappa shape index (κ2) is 2.87. The molecule has 2 aromatic heterocycles. The highest BCUT2D eigenvalue weighted by Gasteiger charge is 2.05. The monoisotopic (exact) mass is 199 g/mol. The SMILES string of the molecule is CSc1nc2nc[nH]c(=O)c2s1. The van der Waals surface area contributed by atoms with Crippen LogP contribution in [0.25, 0.3) is 10.3 Å². The Morgan fingerprint density at radius 3 is 3.17 bits per heavy atom. The number of hydrogen-bond donors (Lipinski definition) is 1. The van der Waals surface area contributed by atoms with E-state index in [9.17, 15) is 4.79 Å². The first-order valence-corrected chi connectivity index (χ1v) is 5.23. The van der Waals surface area contributed by atoms with E-state index in [0.29, 0.717) is 10.3 Å². The Hall–Kier alpha value is -0.880. The summed E-state index contributed by atoms with van der Waals surface area (Å²) in [5, 5.41) is 0. The lowest BCUT2D eigenvalue weighted by atomic mass is 10.6. The van der Waals surface area contributed by atoms with E-state index < -0.39 is 0 Å². The minimum Gasteiger partial charge on any atom is -0.312 e. The van der Waals surface area contributed by atoms with Gasteiger partial charge in [-0.25, -0.2) is 9.97 Å². The van der Waals surface area contributed by atoms with E-state index >= 15 is 0 Å². The Bertz CT molecular complexity index is 461. The van der Waals surface area contributed by atoms with Gasteiger partial charge in [-0.15, -0.1) is 11.3 Å². The van der Waals surface area contributed by atoms with Crippen LogP contribution in [0.4, 0.5) is 0 Å². The highest BCUT2D eigenvalue weighted by Crippen LogP contribution is 2.23. The second-order valence-corrected chi connectivity index (χ2v) is 4.12. The van der Waals surface area contributed by atoms with Gasteiger partial charge in [0.15, 0.2) is 9.99 Å². The summed E-state index contributed by atoms with van der Waals surface area (Å²) in [5.74, 6) is 0. The zero-order valence-electron chi connectivity index (χ0n) is 6.20. The molecule has 0 unspecified atom stereocenters. The third-order valence-electron chi connectivity index (χ3n) is 1.35. The molecule has 0 saturated heterocycles. The largest absolute Gasteiger partial charge is 0.312 e. The summed E-state index contributed by atoms with van der Waals surface area (Å²) in [5.41, 5.74) is 0.422. The third kappa shape index (κ3) is 1.12. The number of thiazole rings is 1. The summed E-state index contributed by atoms with van der Waals surface area (Å²) in [6, 6.07) is 0. The van der Waals surface area contributed by atoms with E-state index in [0.717, 1.165) is 4.34 Å². The first-order valence-electron chi connectivity index (χ1n) is 3.19. The molecule has 2 heterocycles. The summed E-state index contributed by atoms with van der Waals surface area (Å²) in [6.45, 7) is 0. The molecular formula is C6H5N3OS2. The van der Waals surface area contributed by atoms with Gasteiger partial charge in [0.25, 0.3) is 5.56 Å². The topological polar surface area (TPSA) is 58.6 Å². The maximum Gasteiger partial charge on any atom is 0.270 e. The van der Waals surface area contributed by atoms with Gasteiger partial charge in [-0.2, -0.15) is 0 Å². The van der Waals surface area contributed by atoms with Gasteiger partial charge >= 0.3 is 0 Å². The molecule has 2 rings (SSSR count). The van der Waals surface area contributed by atoms with Crippen LogP contribution < -0.4 is 5.56 Å². The van der Waals surface area contributed by atoms with Crippen LogP contribution in [0.3, 0.4) is 0 Å². The summed E-state index contributed by atoms with van der Waals surface area (Å²) in [4.78, 5) is 21.8. The van der Waals surface area contributed by atoms with Crippen molar-refractivity contribution in [2.75, 3.05) is 6.26 Å². The number of rotatable bonds is 1. The standard InChI is InChI=1S/C6H5N3OS2/c1-11-6-9-4-3(12-6)5(10)8-2-7-4/h2H,1H3,(H,7,8,10). The molecule has 0 fully saturated rings. The van der Waals surface area contributed by atoms with Gasteiger partial charge in [0, 0.05) is 0 Å². The average Bonchev–Trinajstić information content (AvgIpc) is 2.49. The Morgan fingerprint density at radius 1 is 1.67 bits per heavy atom. The molecule has 1 N–H and O–H groups in total. The molecule has 0 aliphatic rings. The van der Waals surface area contributed by atoms with Crippen LogP contribution >= 0.6 is 23.1 Å². The van der Waals surface area contributed by atoms with Crippen LogP contribution in [0.1, 0.15) is 0 Å². The molecule has 62 valence electrons. The Balaban J connectivity index is 2.83. The van der Waals surface area contributed by atoms with Crippen LogP contribution in [-0.2, 0) is 0 Å². The number of thioether (sulfide) groups is 1. The van der Waals surface area contributed by atoms with Crippen molar-refractivity contribution in [3.05, 3.63) is 16.7 Å². The van der Waals surface area contributed by atoms with Crippen molar-refractivity contribution >= 4 is 33.4 Å². The van der Waals surface area contributed by atoms with Gasteiger partial charge < -0.3 is 4.98 Å². The average molecular weight is 199 g/mol. The summed E-state index contributed by atoms with van der Waals surface area (Å²) < 4.78 is 1.47. The molecule has 0 bridgehead atoms. The van der Waals surface area contributed by atoms with E-state index in [1.165, 1.54) is 29.4 Å². The summed E-state index contributed by atoms with van der Waals surface area (Å²) >= 11 is 2.89. The van der Waals surface area contributed by atoms with Crippen molar-refractivity contribution in [2.24, 2.45) is 0 Å². The predicted octanol–water partition coefficient (Wildman–Crippen LogP) is 1.10. The van der Waals surface area contributed by atoms with E-state index in [2.05, 4.69) is 15.0 Å². The molecule has 12 heavy (non-hydrogen) atoms. The normalized spacial score (nSPS) is 10.8. The van der Waals surface area contributed by atoms with Crippen molar-refractivity contribution in [3.8, 4) is 0 Å². The number of aromatic nitrogens is 3. The van der Waals surface area contributed by atoms with Crippen LogP contribution in [0.2, 0.25) is 0 Å². The molecule has 0 amide bonds. The summed E-state index contributed by atoms with van der Waals surface area (Å²) in [7, 11) is 0. The van der Waals surface area contributed by atoms with Crippen LogP contribution in [0, 0.1) is 0 Å². The Labute approximate surface area is 76.1 Å². The lowest BCUT2D eigenvalue weighted by Crippen LogP contribution is -2.03. The molecule has 6 heteroatoms. The maximum absolute atomic E-state index is 11.2. The van der Waals surface area contributed by atoms with Crippen molar-refractivity contribution in [1.29, 1.82) is 0 Å². The Morgan fingerprint density at radius 2 is 2.50 bits per heavy atom. The molecule has 0 radical (unpaired) electrons. The zero-order chi connectivity index (χ0) is 8.55. The highest BCUT2D eigenvalue weighted by molar-refractivity contribution is 8.00. The molecule has 0 aromatic carbocycles. The molecule has 2 aromatic rings. The zero-order valence-corrected chi connectivity index (χ0v) is 7.83. The molecule has 0 aliphatic carbocycles. The number of aromatic amines is 1. The maximum atomic E-state index is 11.2. The van der Waals surface area contributed by atoms with Gasteiger partial charge in [0.1, 0.15) is 4.70 Å². The van der Waals surface area contributed by atoms with Crippen LogP contribution in [-0.4, -0.2) is 21.2 Å². The number of fused-ring (bicyclic) bond motifs is 1. The lowest BCUT2D eigenvalue weighted by molar-refractivity contribution is 1.14. The fourth-order valence-corrected chi connectivity index (χ4v) is 2.24.